The summed E-state index contributed by atoms with van der Waals surface area (Å²) >= 11 is 0. The van der Waals surface area contributed by atoms with Crippen molar-refractivity contribution in [3.63, 3.8) is 0 Å². The summed E-state index contributed by atoms with van der Waals surface area (Å²) in [5.74, 6) is -0.247. The molecule has 1 saturated heterocycles. The third-order valence-electron chi connectivity index (χ3n) is 3.39. The zero-order valence-corrected chi connectivity index (χ0v) is 11.2. The average Bonchev–Trinajstić information content (AvgIpc) is 2.76. The van der Waals surface area contributed by atoms with Crippen molar-refractivity contribution in [3.05, 3.63) is 35.4 Å². The smallest absolute Gasteiger partial charge is 0.338 e. The maximum Gasteiger partial charge on any atom is 0.338 e. The van der Waals surface area contributed by atoms with Crippen LogP contribution in [0.4, 0.5) is 0 Å². The van der Waals surface area contributed by atoms with E-state index in [0.717, 1.165) is 18.5 Å². The molecule has 1 atom stereocenters. The molecule has 5 heteroatoms. The van der Waals surface area contributed by atoms with Crippen molar-refractivity contribution >= 4 is 11.9 Å². The van der Waals surface area contributed by atoms with E-state index in [1.807, 2.05) is 12.1 Å². The average molecular weight is 262 g/mol. The fourth-order valence-corrected chi connectivity index (χ4v) is 2.23. The lowest BCUT2D eigenvalue weighted by Gasteiger charge is -2.13. The minimum absolute atomic E-state index is 0.107. The van der Waals surface area contributed by atoms with Crippen molar-refractivity contribution < 1.29 is 14.3 Å². The van der Waals surface area contributed by atoms with Gasteiger partial charge in [-0.2, -0.15) is 0 Å². The minimum Gasteiger partial charge on any atom is -0.465 e. The number of rotatable bonds is 4. The van der Waals surface area contributed by atoms with Crippen LogP contribution in [0.3, 0.4) is 0 Å². The van der Waals surface area contributed by atoms with Gasteiger partial charge in [-0.05, 0) is 18.1 Å². The first kappa shape index (κ1) is 13.5. The fraction of sp³-hybridized carbons (Fsp3) is 0.429. The number of hydrogen-bond donors (Lipinski definition) is 1. The van der Waals surface area contributed by atoms with Crippen LogP contribution in [0.25, 0.3) is 0 Å². The molecule has 5 nitrogen and oxygen atoms in total. The first-order valence-corrected chi connectivity index (χ1v) is 6.28. The number of hydrogen-bond acceptors (Lipinski definition) is 4. The summed E-state index contributed by atoms with van der Waals surface area (Å²) < 4.78 is 4.75. The molecule has 102 valence electrons. The summed E-state index contributed by atoms with van der Waals surface area (Å²) in [4.78, 5) is 25.1. The number of methoxy groups -OCH3 is 1. The van der Waals surface area contributed by atoms with Crippen LogP contribution in [0.15, 0.2) is 24.3 Å². The van der Waals surface area contributed by atoms with Crippen LogP contribution < -0.4 is 5.32 Å². The van der Waals surface area contributed by atoms with Gasteiger partial charge < -0.3 is 15.0 Å². The monoisotopic (exact) mass is 262 g/mol. The molecular formula is C14H18N2O3. The number of esters is 1. The number of nitrogens with zero attached hydrogens (tertiary/aromatic N) is 1. The molecule has 1 N–H and O–H groups in total. The summed E-state index contributed by atoms with van der Waals surface area (Å²) in [5, 5.41) is 3.20. The van der Waals surface area contributed by atoms with Crippen LogP contribution in [-0.4, -0.2) is 43.5 Å². The number of nitrogens with one attached hydrogen (secondary N) is 1. The minimum atomic E-state index is -0.354. The molecule has 1 fully saturated rings. The molecular weight excluding hydrogens is 244 g/mol. The Kier molecular flexibility index (Phi) is 4.16. The van der Waals surface area contributed by atoms with E-state index >= 15 is 0 Å². The van der Waals surface area contributed by atoms with Gasteiger partial charge in [-0.1, -0.05) is 18.2 Å². The predicted molar refractivity (Wildman–Crippen MR) is 70.7 cm³/mol. The number of carbonyl (C=O) groups excluding carboxylic acids is 2. The molecule has 1 heterocycles. The van der Waals surface area contributed by atoms with Crippen molar-refractivity contribution in [2.45, 2.75) is 19.0 Å². The summed E-state index contributed by atoms with van der Waals surface area (Å²) in [6.45, 7) is 1.25. The van der Waals surface area contributed by atoms with E-state index in [2.05, 4.69) is 5.32 Å². The Morgan fingerprint density at radius 2 is 2.21 bits per heavy atom. The number of amides is 1. The van der Waals surface area contributed by atoms with Gasteiger partial charge in [0.1, 0.15) is 0 Å². The van der Waals surface area contributed by atoms with E-state index in [1.54, 1.807) is 24.1 Å². The Labute approximate surface area is 112 Å². The highest BCUT2D eigenvalue weighted by Crippen LogP contribution is 2.13. The van der Waals surface area contributed by atoms with E-state index in [1.165, 1.54) is 7.11 Å². The van der Waals surface area contributed by atoms with E-state index < -0.39 is 0 Å². The van der Waals surface area contributed by atoms with Gasteiger partial charge in [0.05, 0.1) is 18.7 Å². The molecule has 0 bridgehead atoms. The van der Waals surface area contributed by atoms with Gasteiger partial charge in [0.15, 0.2) is 0 Å². The molecule has 0 aliphatic carbocycles. The van der Waals surface area contributed by atoms with Crippen LogP contribution in [0.5, 0.6) is 0 Å². The summed E-state index contributed by atoms with van der Waals surface area (Å²) in [6, 6.07) is 7.10. The van der Waals surface area contributed by atoms with Gasteiger partial charge in [0.2, 0.25) is 5.91 Å². The summed E-state index contributed by atoms with van der Waals surface area (Å²) in [7, 11) is 3.16. The zero-order valence-electron chi connectivity index (χ0n) is 11.2. The number of carbonyl (C=O) groups is 2. The van der Waals surface area contributed by atoms with Gasteiger partial charge in [0, 0.05) is 20.1 Å². The predicted octanol–water partition coefficient (Wildman–Crippen LogP) is 0.793. The second kappa shape index (κ2) is 5.84. The molecule has 0 saturated carbocycles. The Balaban J connectivity index is 2.04. The second-order valence-electron chi connectivity index (χ2n) is 4.63. The van der Waals surface area contributed by atoms with Crippen molar-refractivity contribution in [1.29, 1.82) is 0 Å². The van der Waals surface area contributed by atoms with Gasteiger partial charge in [0.25, 0.3) is 0 Å². The lowest BCUT2D eigenvalue weighted by molar-refractivity contribution is -0.128. The molecule has 1 aliphatic rings. The highest BCUT2D eigenvalue weighted by Gasteiger charge is 2.28. The quantitative estimate of drug-likeness (QED) is 0.815. The van der Waals surface area contributed by atoms with Crippen molar-refractivity contribution in [1.82, 2.24) is 10.2 Å². The standard InChI is InChI=1S/C14H18N2O3/c1-16-8-7-12(13(16)17)15-9-10-5-3-4-6-11(10)14(18)19-2/h3-6,12,15H,7-9H2,1-2H3. The Morgan fingerprint density at radius 1 is 1.47 bits per heavy atom. The van der Waals surface area contributed by atoms with E-state index in [0.29, 0.717) is 12.1 Å². The molecule has 1 aliphatic heterocycles. The maximum absolute atomic E-state index is 11.8. The van der Waals surface area contributed by atoms with Crippen molar-refractivity contribution in [2.24, 2.45) is 0 Å². The molecule has 1 unspecified atom stereocenters. The first-order valence-electron chi connectivity index (χ1n) is 6.28. The molecule has 2 rings (SSSR count). The van der Waals surface area contributed by atoms with Gasteiger partial charge in [-0.15, -0.1) is 0 Å². The number of benzene rings is 1. The topological polar surface area (TPSA) is 58.6 Å². The number of likely N-dealkylation sites (N-methyl/N-ethyl adjacent to an activating group) is 1. The Morgan fingerprint density at radius 3 is 2.84 bits per heavy atom. The maximum atomic E-state index is 11.8. The third kappa shape index (κ3) is 2.93. The fourth-order valence-electron chi connectivity index (χ4n) is 2.23. The second-order valence-corrected chi connectivity index (χ2v) is 4.63. The molecule has 0 radical (unpaired) electrons. The van der Waals surface area contributed by atoms with Gasteiger partial charge in [-0.3, -0.25) is 4.79 Å². The van der Waals surface area contributed by atoms with E-state index in [4.69, 9.17) is 4.74 Å². The first-order chi connectivity index (χ1) is 9.13. The summed E-state index contributed by atoms with van der Waals surface area (Å²) in [5.41, 5.74) is 1.38. The third-order valence-corrected chi connectivity index (χ3v) is 3.39. The van der Waals surface area contributed by atoms with E-state index in [9.17, 15) is 9.59 Å². The van der Waals surface area contributed by atoms with Crippen molar-refractivity contribution in [3.8, 4) is 0 Å². The molecule has 1 amide bonds. The molecule has 0 aromatic heterocycles. The van der Waals surface area contributed by atoms with Crippen LogP contribution in [-0.2, 0) is 16.1 Å². The lowest BCUT2D eigenvalue weighted by Crippen LogP contribution is -2.36. The summed E-state index contributed by atoms with van der Waals surface area (Å²) in [6.07, 6.45) is 0.801. The number of ether oxygens (including phenoxy) is 1. The molecule has 1 aromatic carbocycles. The largest absolute Gasteiger partial charge is 0.465 e. The number of likely N-dealkylation sites (tertiary alicyclic amines) is 1. The molecule has 0 spiro atoms. The highest BCUT2D eigenvalue weighted by atomic mass is 16.5. The SMILES string of the molecule is COC(=O)c1ccccc1CNC1CCN(C)C1=O. The Hall–Kier alpha value is -1.88. The van der Waals surface area contributed by atoms with Crippen LogP contribution in [0.2, 0.25) is 0 Å². The molecule has 19 heavy (non-hydrogen) atoms. The Bertz CT molecular complexity index is 487. The molecule has 1 aromatic rings. The van der Waals surface area contributed by atoms with Crippen LogP contribution in [0.1, 0.15) is 22.3 Å². The van der Waals surface area contributed by atoms with Crippen LogP contribution >= 0.6 is 0 Å². The van der Waals surface area contributed by atoms with E-state index in [-0.39, 0.29) is 17.9 Å². The zero-order chi connectivity index (χ0) is 13.8. The normalized spacial score (nSPS) is 18.7. The van der Waals surface area contributed by atoms with Gasteiger partial charge >= 0.3 is 5.97 Å². The lowest BCUT2D eigenvalue weighted by atomic mass is 10.1. The highest BCUT2D eigenvalue weighted by molar-refractivity contribution is 5.91. The van der Waals surface area contributed by atoms with Crippen molar-refractivity contribution in [2.75, 3.05) is 20.7 Å². The van der Waals surface area contributed by atoms with Crippen LogP contribution in [0, 0.1) is 0 Å². The van der Waals surface area contributed by atoms with Gasteiger partial charge in [-0.25, -0.2) is 4.79 Å².